The Morgan fingerprint density at radius 1 is 0.947 bits per heavy atom. The summed E-state index contributed by atoms with van der Waals surface area (Å²) in [5.74, 6) is 1.58. The van der Waals surface area contributed by atoms with E-state index in [4.69, 9.17) is 14.2 Å². The third kappa shape index (κ3) is 4.70. The molecule has 3 unspecified atom stereocenters. The monoisotopic (exact) mass is 520 g/mol. The highest BCUT2D eigenvalue weighted by atomic mass is 16.7. The molecule has 2 aromatic carbocycles. The van der Waals surface area contributed by atoms with E-state index >= 15 is 0 Å². The number of aliphatic carboxylic acids is 1. The molecule has 1 N–H and O–H groups in total. The zero-order chi connectivity index (χ0) is 26.2. The topological polar surface area (TPSA) is 88.5 Å². The van der Waals surface area contributed by atoms with Crippen LogP contribution < -0.4 is 14.2 Å². The van der Waals surface area contributed by atoms with E-state index in [1.807, 2.05) is 47.4 Å². The number of nitrogens with zero attached hydrogens (tertiary/aromatic N) is 2. The van der Waals surface area contributed by atoms with Gasteiger partial charge in [-0.05, 0) is 60.1 Å². The van der Waals surface area contributed by atoms with Crippen LogP contribution in [0.3, 0.4) is 0 Å². The standard InChI is InChI=1S/C30H36N2O6/c1-36-23-9-6-20(7-10-23)29-28(30(34)35)24(21-8-11-25-26(14-21)38-18-37-25)16-32(29)17-27(33)31-13-12-19-4-2-3-5-22(19)15-31/h6-11,14,19,22,24,28-29H,2-5,12-13,15-18H2,1H3,(H,34,35)/t19-,22-,24?,28?,29?/m0/s1. The molecule has 1 aliphatic carbocycles. The first kappa shape index (κ1) is 25.0. The predicted octanol–water partition coefficient (Wildman–Crippen LogP) is 4.30. The van der Waals surface area contributed by atoms with Gasteiger partial charge < -0.3 is 24.2 Å². The van der Waals surface area contributed by atoms with E-state index in [0.29, 0.717) is 29.7 Å². The van der Waals surface area contributed by atoms with Gasteiger partial charge in [0.15, 0.2) is 11.5 Å². The quantitative estimate of drug-likeness (QED) is 0.607. The van der Waals surface area contributed by atoms with Gasteiger partial charge in [-0.2, -0.15) is 0 Å². The molecule has 3 aliphatic heterocycles. The number of amides is 1. The van der Waals surface area contributed by atoms with Gasteiger partial charge in [0, 0.05) is 31.6 Å². The van der Waals surface area contributed by atoms with Crippen LogP contribution in [0.4, 0.5) is 0 Å². The minimum Gasteiger partial charge on any atom is -0.497 e. The molecular weight excluding hydrogens is 484 g/mol. The van der Waals surface area contributed by atoms with Gasteiger partial charge in [0.25, 0.3) is 0 Å². The maximum absolute atomic E-state index is 13.7. The molecule has 0 bridgehead atoms. The fraction of sp³-hybridized carbons (Fsp3) is 0.533. The van der Waals surface area contributed by atoms with Gasteiger partial charge in [-0.15, -0.1) is 0 Å². The molecule has 202 valence electrons. The zero-order valence-corrected chi connectivity index (χ0v) is 21.9. The summed E-state index contributed by atoms with van der Waals surface area (Å²) in [4.78, 5) is 30.6. The van der Waals surface area contributed by atoms with Gasteiger partial charge in [-0.25, -0.2) is 0 Å². The summed E-state index contributed by atoms with van der Waals surface area (Å²) in [5, 5.41) is 10.5. The highest BCUT2D eigenvalue weighted by Crippen LogP contribution is 2.48. The molecule has 38 heavy (non-hydrogen) atoms. The number of benzene rings is 2. The Morgan fingerprint density at radius 2 is 1.68 bits per heavy atom. The molecule has 6 rings (SSSR count). The van der Waals surface area contributed by atoms with Gasteiger partial charge in [-0.1, -0.05) is 37.5 Å². The van der Waals surface area contributed by atoms with E-state index in [0.717, 1.165) is 36.6 Å². The Bertz CT molecular complexity index is 1180. The summed E-state index contributed by atoms with van der Waals surface area (Å²) in [6, 6.07) is 12.8. The molecular formula is C30H36N2O6. The van der Waals surface area contributed by atoms with Crippen LogP contribution in [0.25, 0.3) is 0 Å². The first-order valence-corrected chi connectivity index (χ1v) is 13.8. The summed E-state index contributed by atoms with van der Waals surface area (Å²) in [6.07, 6.45) is 6.14. The molecule has 2 aromatic rings. The van der Waals surface area contributed by atoms with Gasteiger partial charge in [-0.3, -0.25) is 14.5 Å². The van der Waals surface area contributed by atoms with E-state index in [2.05, 4.69) is 4.90 Å². The lowest BCUT2D eigenvalue weighted by Gasteiger charge is -2.42. The van der Waals surface area contributed by atoms with Crippen molar-refractivity contribution < 1.29 is 28.9 Å². The molecule has 0 spiro atoms. The fourth-order valence-corrected chi connectivity index (χ4v) is 7.17. The normalized spacial score (nSPS) is 28.7. The van der Waals surface area contributed by atoms with Crippen molar-refractivity contribution in [1.29, 1.82) is 0 Å². The number of carboxylic acids is 1. The fourth-order valence-electron chi connectivity index (χ4n) is 7.17. The average Bonchev–Trinajstić information content (AvgIpc) is 3.57. The molecule has 1 amide bonds. The van der Waals surface area contributed by atoms with Crippen LogP contribution in [-0.4, -0.2) is 66.9 Å². The van der Waals surface area contributed by atoms with E-state index in [-0.39, 0.29) is 25.2 Å². The summed E-state index contributed by atoms with van der Waals surface area (Å²) in [6.45, 7) is 2.48. The predicted molar refractivity (Wildman–Crippen MR) is 140 cm³/mol. The molecule has 1 saturated carbocycles. The highest BCUT2D eigenvalue weighted by Gasteiger charge is 2.48. The van der Waals surface area contributed by atoms with Gasteiger partial charge in [0.1, 0.15) is 5.75 Å². The molecule has 0 aromatic heterocycles. The third-order valence-electron chi connectivity index (χ3n) is 9.15. The lowest BCUT2D eigenvalue weighted by molar-refractivity contribution is -0.144. The maximum Gasteiger partial charge on any atom is 0.309 e. The number of carbonyl (C=O) groups excluding carboxylic acids is 1. The number of ether oxygens (including phenoxy) is 3. The van der Waals surface area contributed by atoms with Crippen molar-refractivity contribution in [3.8, 4) is 17.2 Å². The Balaban J connectivity index is 1.29. The lowest BCUT2D eigenvalue weighted by atomic mass is 9.75. The molecule has 2 saturated heterocycles. The molecule has 0 radical (unpaired) electrons. The third-order valence-corrected chi connectivity index (χ3v) is 9.15. The Morgan fingerprint density at radius 3 is 2.45 bits per heavy atom. The van der Waals surface area contributed by atoms with Crippen molar-refractivity contribution >= 4 is 11.9 Å². The van der Waals surface area contributed by atoms with E-state index in [1.54, 1.807) is 7.11 Å². The van der Waals surface area contributed by atoms with Crippen molar-refractivity contribution in [2.45, 2.75) is 44.1 Å². The largest absolute Gasteiger partial charge is 0.497 e. The maximum atomic E-state index is 13.7. The minimum atomic E-state index is -0.869. The molecule has 3 heterocycles. The number of carbonyl (C=O) groups is 2. The Kier molecular flexibility index (Phi) is 6.91. The SMILES string of the molecule is COc1ccc(C2C(C(=O)O)C(c3ccc4c(c3)OCO4)CN2CC(=O)N2CC[C@@H]3CCCC[C@H]3C2)cc1. The molecule has 3 fully saturated rings. The number of methoxy groups -OCH3 is 1. The minimum absolute atomic E-state index is 0.100. The summed E-state index contributed by atoms with van der Waals surface area (Å²) in [5.41, 5.74) is 1.76. The van der Waals surface area contributed by atoms with E-state index in [1.165, 1.54) is 25.7 Å². The smallest absolute Gasteiger partial charge is 0.309 e. The Labute approximate surface area is 223 Å². The highest BCUT2D eigenvalue weighted by molar-refractivity contribution is 5.79. The van der Waals surface area contributed by atoms with Crippen molar-refractivity contribution in [2.24, 2.45) is 17.8 Å². The van der Waals surface area contributed by atoms with Crippen molar-refractivity contribution in [3.63, 3.8) is 0 Å². The van der Waals surface area contributed by atoms with Crippen LogP contribution in [0.1, 0.15) is 55.2 Å². The number of hydrogen-bond donors (Lipinski definition) is 1. The second-order valence-corrected chi connectivity index (χ2v) is 11.2. The second-order valence-electron chi connectivity index (χ2n) is 11.2. The first-order valence-electron chi connectivity index (χ1n) is 13.8. The van der Waals surface area contributed by atoms with Crippen molar-refractivity contribution in [3.05, 3.63) is 53.6 Å². The van der Waals surface area contributed by atoms with Crippen LogP contribution in [-0.2, 0) is 9.59 Å². The van der Waals surface area contributed by atoms with Crippen molar-refractivity contribution in [2.75, 3.05) is 40.1 Å². The molecule has 8 nitrogen and oxygen atoms in total. The first-order chi connectivity index (χ1) is 18.5. The number of hydrogen-bond acceptors (Lipinski definition) is 6. The summed E-state index contributed by atoms with van der Waals surface area (Å²) < 4.78 is 16.4. The van der Waals surface area contributed by atoms with Gasteiger partial charge in [0.2, 0.25) is 12.7 Å². The number of rotatable bonds is 6. The van der Waals surface area contributed by atoms with Gasteiger partial charge >= 0.3 is 5.97 Å². The molecule has 8 heteroatoms. The summed E-state index contributed by atoms with van der Waals surface area (Å²) in [7, 11) is 1.61. The number of likely N-dealkylation sites (tertiary alicyclic amines) is 2. The van der Waals surface area contributed by atoms with Crippen LogP contribution >= 0.6 is 0 Å². The van der Waals surface area contributed by atoms with Crippen LogP contribution in [0, 0.1) is 17.8 Å². The molecule has 4 aliphatic rings. The summed E-state index contributed by atoms with van der Waals surface area (Å²) >= 11 is 0. The molecule has 5 atom stereocenters. The van der Waals surface area contributed by atoms with Crippen molar-refractivity contribution in [1.82, 2.24) is 9.80 Å². The van der Waals surface area contributed by atoms with E-state index < -0.39 is 17.9 Å². The lowest BCUT2D eigenvalue weighted by Crippen LogP contribution is -2.48. The number of fused-ring (bicyclic) bond motifs is 2. The zero-order valence-electron chi connectivity index (χ0n) is 21.9. The Hall–Kier alpha value is -3.26. The second kappa shape index (κ2) is 10.5. The van der Waals surface area contributed by atoms with Crippen LogP contribution in [0.5, 0.6) is 17.2 Å². The van der Waals surface area contributed by atoms with Crippen LogP contribution in [0.15, 0.2) is 42.5 Å². The average molecular weight is 521 g/mol. The van der Waals surface area contributed by atoms with E-state index in [9.17, 15) is 14.7 Å². The van der Waals surface area contributed by atoms with Gasteiger partial charge in [0.05, 0.1) is 19.6 Å². The van der Waals surface area contributed by atoms with Crippen LogP contribution in [0.2, 0.25) is 0 Å². The number of piperidine rings is 1. The number of carboxylic acid groups (broad SMARTS) is 1.